The standard InChI is InChI=1S/C19H14ClNO7/c20-9-1-2-10(22)13-8(9)4-6-3-7-5-11(23)14(18(21)27)17(26)19(7,28)16(25)12(6)15(13)24/h1-2,4,7,14,22,24,28H,3,5H2,(H2,21,27)/t7-,14?,19-/m0/s1. The number of Topliss-reactive ketones (excluding diaryl/α,β-unsaturated/α-hetero) is 3. The smallest absolute Gasteiger partial charge is 0.235 e. The molecule has 2 aromatic rings. The van der Waals surface area contributed by atoms with E-state index in [-0.39, 0.29) is 39.1 Å². The van der Waals surface area contributed by atoms with E-state index in [9.17, 15) is 34.5 Å². The molecular formula is C19H14ClNO7. The number of hydrogen-bond donors (Lipinski definition) is 4. The van der Waals surface area contributed by atoms with Crippen LogP contribution in [0.4, 0.5) is 0 Å². The third-order valence-corrected chi connectivity index (χ3v) is 5.94. The zero-order chi connectivity index (χ0) is 20.5. The van der Waals surface area contributed by atoms with Gasteiger partial charge in [0.05, 0.1) is 10.9 Å². The molecule has 2 aromatic carbocycles. The van der Waals surface area contributed by atoms with Gasteiger partial charge < -0.3 is 21.1 Å². The number of phenolic OH excluding ortho intramolecular Hbond substituents is 2. The lowest BCUT2D eigenvalue weighted by molar-refractivity contribution is -0.157. The Hall–Kier alpha value is -2.97. The minimum Gasteiger partial charge on any atom is -0.507 e. The first-order chi connectivity index (χ1) is 13.1. The van der Waals surface area contributed by atoms with Crippen molar-refractivity contribution in [2.24, 2.45) is 17.6 Å². The van der Waals surface area contributed by atoms with Crippen molar-refractivity contribution in [3.05, 3.63) is 34.3 Å². The Morgan fingerprint density at radius 1 is 1.18 bits per heavy atom. The fourth-order valence-corrected chi connectivity index (χ4v) is 4.46. The van der Waals surface area contributed by atoms with Gasteiger partial charge in [-0.05, 0) is 30.2 Å². The molecule has 0 saturated heterocycles. The van der Waals surface area contributed by atoms with Crippen LogP contribution in [0.15, 0.2) is 18.2 Å². The molecule has 5 N–H and O–H groups in total. The van der Waals surface area contributed by atoms with Crippen molar-refractivity contribution in [3.63, 3.8) is 0 Å². The summed E-state index contributed by atoms with van der Waals surface area (Å²) < 4.78 is 0. The molecule has 0 aromatic heterocycles. The topological polar surface area (TPSA) is 155 Å². The highest BCUT2D eigenvalue weighted by Gasteiger charge is 2.62. The molecule has 2 aliphatic carbocycles. The van der Waals surface area contributed by atoms with Crippen molar-refractivity contribution < 1.29 is 34.5 Å². The van der Waals surface area contributed by atoms with Gasteiger partial charge >= 0.3 is 0 Å². The van der Waals surface area contributed by atoms with Gasteiger partial charge in [-0.15, -0.1) is 0 Å². The maximum Gasteiger partial charge on any atom is 0.235 e. The molecule has 4 rings (SSSR count). The molecule has 0 radical (unpaired) electrons. The SMILES string of the molecule is NC(=O)C1C(=O)C[C@@H]2Cc3cc4c(Cl)ccc(O)c4c(O)c3C(=O)[C@]2(O)C1=O. The number of ketones is 3. The molecule has 0 bridgehead atoms. The predicted molar refractivity (Wildman–Crippen MR) is 96.1 cm³/mol. The Kier molecular flexibility index (Phi) is 3.79. The van der Waals surface area contributed by atoms with E-state index in [2.05, 4.69) is 0 Å². The van der Waals surface area contributed by atoms with E-state index < -0.39 is 52.9 Å². The molecule has 0 spiro atoms. The molecule has 8 nitrogen and oxygen atoms in total. The van der Waals surface area contributed by atoms with Crippen molar-refractivity contribution in [1.82, 2.24) is 0 Å². The highest BCUT2D eigenvalue weighted by molar-refractivity contribution is 6.37. The largest absolute Gasteiger partial charge is 0.507 e. The Bertz CT molecular complexity index is 1130. The van der Waals surface area contributed by atoms with E-state index in [1.54, 1.807) is 0 Å². The molecule has 2 aliphatic rings. The van der Waals surface area contributed by atoms with Crippen molar-refractivity contribution >= 4 is 45.6 Å². The molecule has 3 atom stereocenters. The molecule has 0 aliphatic heterocycles. The van der Waals surface area contributed by atoms with E-state index in [0.717, 1.165) is 0 Å². The number of amides is 1. The molecule has 144 valence electrons. The molecule has 1 unspecified atom stereocenters. The minimum atomic E-state index is -2.67. The minimum absolute atomic E-state index is 0.0873. The van der Waals surface area contributed by atoms with Crippen LogP contribution in [0.25, 0.3) is 10.8 Å². The summed E-state index contributed by atoms with van der Waals surface area (Å²) in [5, 5.41) is 32.1. The van der Waals surface area contributed by atoms with Crippen LogP contribution in [0.2, 0.25) is 5.02 Å². The van der Waals surface area contributed by atoms with Gasteiger partial charge in [0, 0.05) is 22.7 Å². The van der Waals surface area contributed by atoms with Crippen molar-refractivity contribution in [1.29, 1.82) is 0 Å². The lowest BCUT2D eigenvalue weighted by Crippen LogP contribution is -2.64. The molecule has 9 heteroatoms. The van der Waals surface area contributed by atoms with Crippen LogP contribution < -0.4 is 5.73 Å². The van der Waals surface area contributed by atoms with E-state index in [1.165, 1.54) is 18.2 Å². The summed E-state index contributed by atoms with van der Waals surface area (Å²) in [5.74, 6) is -8.43. The summed E-state index contributed by atoms with van der Waals surface area (Å²) in [4.78, 5) is 49.5. The predicted octanol–water partition coefficient (Wildman–Crippen LogP) is 0.634. The van der Waals surface area contributed by atoms with Crippen LogP contribution in [-0.2, 0) is 20.8 Å². The van der Waals surface area contributed by atoms with Gasteiger partial charge in [0.1, 0.15) is 11.5 Å². The van der Waals surface area contributed by atoms with Crippen LogP contribution in [0, 0.1) is 11.8 Å². The number of hydrogen-bond acceptors (Lipinski definition) is 7. The quantitative estimate of drug-likeness (QED) is 0.509. The van der Waals surface area contributed by atoms with E-state index in [0.29, 0.717) is 0 Å². The summed E-state index contributed by atoms with van der Waals surface area (Å²) in [7, 11) is 0. The first-order valence-electron chi connectivity index (χ1n) is 8.38. The summed E-state index contributed by atoms with van der Waals surface area (Å²) >= 11 is 6.13. The number of fused-ring (bicyclic) bond motifs is 3. The zero-order valence-electron chi connectivity index (χ0n) is 14.2. The number of aromatic hydroxyl groups is 2. The Labute approximate surface area is 162 Å². The van der Waals surface area contributed by atoms with Crippen molar-refractivity contribution in [3.8, 4) is 11.5 Å². The Morgan fingerprint density at radius 2 is 1.86 bits per heavy atom. The van der Waals surface area contributed by atoms with Crippen LogP contribution in [0.1, 0.15) is 22.3 Å². The van der Waals surface area contributed by atoms with Gasteiger partial charge in [0.25, 0.3) is 0 Å². The number of nitrogens with two attached hydrogens (primary N) is 1. The fraction of sp³-hybridized carbons (Fsp3) is 0.263. The van der Waals surface area contributed by atoms with Crippen molar-refractivity contribution in [2.75, 3.05) is 0 Å². The molecule has 1 saturated carbocycles. The maximum atomic E-state index is 13.1. The van der Waals surface area contributed by atoms with E-state index in [1.807, 2.05) is 0 Å². The van der Waals surface area contributed by atoms with Crippen LogP contribution in [-0.4, -0.2) is 44.2 Å². The van der Waals surface area contributed by atoms with Crippen molar-refractivity contribution in [2.45, 2.75) is 18.4 Å². The second-order valence-corrected chi connectivity index (χ2v) is 7.52. The van der Waals surface area contributed by atoms with Crippen LogP contribution in [0.5, 0.6) is 11.5 Å². The van der Waals surface area contributed by atoms with Gasteiger partial charge in [-0.2, -0.15) is 0 Å². The van der Waals surface area contributed by atoms with E-state index in [4.69, 9.17) is 17.3 Å². The van der Waals surface area contributed by atoms with Gasteiger partial charge in [0.2, 0.25) is 11.7 Å². The number of carbonyl (C=O) groups excluding carboxylic acids is 4. The van der Waals surface area contributed by atoms with Crippen LogP contribution in [0.3, 0.4) is 0 Å². The summed E-state index contributed by atoms with van der Waals surface area (Å²) in [5.41, 5.74) is 2.36. The highest BCUT2D eigenvalue weighted by Crippen LogP contribution is 2.48. The third-order valence-electron chi connectivity index (χ3n) is 5.61. The number of aliphatic hydroxyl groups is 1. The number of rotatable bonds is 1. The summed E-state index contributed by atoms with van der Waals surface area (Å²) in [6.45, 7) is 0. The number of carbonyl (C=O) groups is 4. The monoisotopic (exact) mass is 403 g/mol. The first-order valence-corrected chi connectivity index (χ1v) is 8.76. The molecule has 1 fully saturated rings. The van der Waals surface area contributed by atoms with E-state index >= 15 is 0 Å². The van der Waals surface area contributed by atoms with Gasteiger partial charge in [-0.1, -0.05) is 11.6 Å². The molecule has 28 heavy (non-hydrogen) atoms. The second-order valence-electron chi connectivity index (χ2n) is 7.11. The molecule has 1 amide bonds. The number of benzene rings is 2. The average Bonchev–Trinajstić information content (AvgIpc) is 2.61. The summed E-state index contributed by atoms with van der Waals surface area (Å²) in [6, 6.07) is 4.12. The van der Waals surface area contributed by atoms with Crippen LogP contribution >= 0.6 is 11.6 Å². The molecular weight excluding hydrogens is 390 g/mol. The number of halogens is 1. The fourth-order valence-electron chi connectivity index (χ4n) is 4.25. The Morgan fingerprint density at radius 3 is 2.50 bits per heavy atom. The normalized spacial score (nSPS) is 26.9. The Balaban J connectivity index is 1.99. The zero-order valence-corrected chi connectivity index (χ0v) is 15.0. The third kappa shape index (κ3) is 2.15. The average molecular weight is 404 g/mol. The first kappa shape index (κ1) is 18.4. The lowest BCUT2D eigenvalue weighted by atomic mass is 9.60. The number of primary amides is 1. The lowest BCUT2D eigenvalue weighted by Gasteiger charge is -2.42. The summed E-state index contributed by atoms with van der Waals surface area (Å²) in [6.07, 6.45) is -0.483. The maximum absolute atomic E-state index is 13.1. The van der Waals surface area contributed by atoms with Gasteiger partial charge in [-0.3, -0.25) is 19.2 Å². The van der Waals surface area contributed by atoms with Gasteiger partial charge in [0.15, 0.2) is 23.1 Å². The number of phenols is 2. The molecule has 0 heterocycles. The highest BCUT2D eigenvalue weighted by atomic mass is 35.5. The van der Waals surface area contributed by atoms with Gasteiger partial charge in [-0.25, -0.2) is 0 Å². The second kappa shape index (κ2) is 5.76.